The van der Waals surface area contributed by atoms with Gasteiger partial charge in [0.2, 0.25) is 5.91 Å². The molecule has 1 heterocycles. The van der Waals surface area contributed by atoms with Crippen molar-refractivity contribution in [3.05, 3.63) is 41.7 Å². The van der Waals surface area contributed by atoms with E-state index >= 15 is 0 Å². The maximum Gasteiger partial charge on any atom is 0.358 e. The summed E-state index contributed by atoms with van der Waals surface area (Å²) >= 11 is 0. The van der Waals surface area contributed by atoms with Gasteiger partial charge in [0.25, 0.3) is 5.91 Å². The number of aromatic carboxylic acids is 1. The quantitative estimate of drug-likeness (QED) is 0.687. The number of aromatic nitrogens is 3. The van der Waals surface area contributed by atoms with Gasteiger partial charge in [0.1, 0.15) is 6.54 Å². The molecule has 0 saturated heterocycles. The smallest absolute Gasteiger partial charge is 0.358 e. The largest absolute Gasteiger partial charge is 0.476 e. The van der Waals surface area contributed by atoms with Crippen molar-refractivity contribution in [1.82, 2.24) is 20.3 Å². The second-order valence-electron chi connectivity index (χ2n) is 4.99. The third-order valence-corrected chi connectivity index (χ3v) is 3.03. The van der Waals surface area contributed by atoms with Gasteiger partial charge in [-0.15, -0.1) is 5.10 Å². The standard InChI is InChI=1S/C15H17N5O4/c1-2-7-16-14(22)10-3-5-11(6-4-10)17-13(21)9-20-8-12(15(23)24)18-19-20/h3-6,8H,2,7,9H2,1H3,(H,16,22)(H,17,21)(H,23,24). The Morgan fingerprint density at radius 2 is 1.92 bits per heavy atom. The van der Waals surface area contributed by atoms with Gasteiger partial charge in [-0.2, -0.15) is 0 Å². The van der Waals surface area contributed by atoms with E-state index in [1.807, 2.05) is 6.92 Å². The number of anilines is 1. The number of carboxylic acids is 1. The topological polar surface area (TPSA) is 126 Å². The molecule has 2 rings (SSSR count). The Morgan fingerprint density at radius 1 is 1.21 bits per heavy atom. The second kappa shape index (κ2) is 7.86. The van der Waals surface area contributed by atoms with E-state index in [4.69, 9.17) is 5.11 Å². The predicted octanol–water partition coefficient (Wildman–Crippen LogP) is 0.755. The summed E-state index contributed by atoms with van der Waals surface area (Å²) in [5.41, 5.74) is 0.791. The molecule has 0 bridgehead atoms. The third-order valence-electron chi connectivity index (χ3n) is 3.03. The molecule has 0 saturated carbocycles. The average molecular weight is 331 g/mol. The molecular weight excluding hydrogens is 314 g/mol. The molecule has 2 aromatic rings. The summed E-state index contributed by atoms with van der Waals surface area (Å²) < 4.78 is 1.13. The van der Waals surface area contributed by atoms with E-state index in [0.29, 0.717) is 17.8 Å². The SMILES string of the molecule is CCCNC(=O)c1ccc(NC(=O)Cn2cc(C(=O)O)nn2)cc1. The van der Waals surface area contributed by atoms with Gasteiger partial charge >= 0.3 is 5.97 Å². The van der Waals surface area contributed by atoms with E-state index in [1.165, 1.54) is 6.20 Å². The lowest BCUT2D eigenvalue weighted by molar-refractivity contribution is -0.116. The van der Waals surface area contributed by atoms with Crippen LogP contribution < -0.4 is 10.6 Å². The summed E-state index contributed by atoms with van der Waals surface area (Å²) in [5, 5.41) is 21.1. The first-order valence-corrected chi connectivity index (χ1v) is 7.31. The van der Waals surface area contributed by atoms with Crippen LogP contribution >= 0.6 is 0 Å². The van der Waals surface area contributed by atoms with Crippen molar-refractivity contribution in [2.24, 2.45) is 0 Å². The van der Waals surface area contributed by atoms with Crippen LogP contribution in [-0.4, -0.2) is 44.4 Å². The molecule has 24 heavy (non-hydrogen) atoms. The molecule has 9 nitrogen and oxygen atoms in total. The van der Waals surface area contributed by atoms with Crippen LogP contribution in [0.5, 0.6) is 0 Å². The first kappa shape index (κ1) is 17.1. The molecule has 3 N–H and O–H groups in total. The van der Waals surface area contributed by atoms with Crippen molar-refractivity contribution < 1.29 is 19.5 Å². The molecule has 0 spiro atoms. The van der Waals surface area contributed by atoms with Gasteiger partial charge in [-0.3, -0.25) is 9.59 Å². The van der Waals surface area contributed by atoms with Gasteiger partial charge < -0.3 is 15.7 Å². The minimum absolute atomic E-state index is 0.168. The summed E-state index contributed by atoms with van der Waals surface area (Å²) in [6.07, 6.45) is 2.02. The van der Waals surface area contributed by atoms with Crippen molar-refractivity contribution in [3.8, 4) is 0 Å². The molecule has 0 unspecified atom stereocenters. The van der Waals surface area contributed by atoms with Crippen LogP contribution in [0.3, 0.4) is 0 Å². The van der Waals surface area contributed by atoms with E-state index in [2.05, 4.69) is 20.9 Å². The van der Waals surface area contributed by atoms with E-state index < -0.39 is 5.97 Å². The maximum atomic E-state index is 11.9. The molecule has 126 valence electrons. The summed E-state index contributed by atoms with van der Waals surface area (Å²) in [6, 6.07) is 6.45. The lowest BCUT2D eigenvalue weighted by Crippen LogP contribution is -2.24. The van der Waals surface area contributed by atoms with Crippen molar-refractivity contribution in [3.63, 3.8) is 0 Å². The zero-order valence-corrected chi connectivity index (χ0v) is 13.0. The molecule has 0 aliphatic carbocycles. The van der Waals surface area contributed by atoms with Gasteiger partial charge in [-0.1, -0.05) is 12.1 Å². The molecule has 2 amide bonds. The second-order valence-corrected chi connectivity index (χ2v) is 4.99. The van der Waals surface area contributed by atoms with Crippen molar-refractivity contribution in [1.29, 1.82) is 0 Å². The summed E-state index contributed by atoms with van der Waals surface area (Å²) in [7, 11) is 0. The fourth-order valence-corrected chi connectivity index (χ4v) is 1.87. The van der Waals surface area contributed by atoms with Crippen molar-refractivity contribution in [2.45, 2.75) is 19.9 Å². The number of carboxylic acid groups (broad SMARTS) is 1. The van der Waals surface area contributed by atoms with Crippen LogP contribution in [0.15, 0.2) is 30.5 Å². The van der Waals surface area contributed by atoms with E-state index in [0.717, 1.165) is 11.1 Å². The summed E-state index contributed by atoms with van der Waals surface area (Å²) in [4.78, 5) is 34.4. The molecule has 1 aromatic carbocycles. The van der Waals surface area contributed by atoms with Gasteiger partial charge in [0.15, 0.2) is 5.69 Å². The highest BCUT2D eigenvalue weighted by Gasteiger charge is 2.11. The Morgan fingerprint density at radius 3 is 2.50 bits per heavy atom. The Hall–Kier alpha value is -3.23. The number of amides is 2. The summed E-state index contributed by atoms with van der Waals surface area (Å²) in [6.45, 7) is 2.40. The predicted molar refractivity (Wildman–Crippen MR) is 84.7 cm³/mol. The Bertz CT molecular complexity index is 739. The highest BCUT2D eigenvalue weighted by molar-refractivity contribution is 5.95. The minimum Gasteiger partial charge on any atom is -0.476 e. The number of carbonyl (C=O) groups excluding carboxylic acids is 2. The number of rotatable bonds is 7. The fourth-order valence-electron chi connectivity index (χ4n) is 1.87. The van der Waals surface area contributed by atoms with Gasteiger partial charge in [0, 0.05) is 17.8 Å². The molecule has 0 aliphatic rings. The molecule has 9 heteroatoms. The van der Waals surface area contributed by atoms with Crippen LogP contribution in [0.2, 0.25) is 0 Å². The molecule has 0 atom stereocenters. The zero-order valence-electron chi connectivity index (χ0n) is 13.0. The van der Waals surface area contributed by atoms with Crippen LogP contribution in [-0.2, 0) is 11.3 Å². The Balaban J connectivity index is 1.91. The number of hydrogen-bond acceptors (Lipinski definition) is 5. The zero-order chi connectivity index (χ0) is 17.5. The molecular formula is C15H17N5O4. The normalized spacial score (nSPS) is 10.2. The number of nitrogens with one attached hydrogen (secondary N) is 2. The van der Waals surface area contributed by atoms with E-state index in [9.17, 15) is 14.4 Å². The first-order valence-electron chi connectivity index (χ1n) is 7.31. The highest BCUT2D eigenvalue weighted by Crippen LogP contribution is 2.10. The Labute approximate surface area is 137 Å². The maximum absolute atomic E-state index is 11.9. The van der Waals surface area contributed by atoms with Crippen LogP contribution in [0.1, 0.15) is 34.2 Å². The van der Waals surface area contributed by atoms with Gasteiger partial charge in [0.05, 0.1) is 6.20 Å². The van der Waals surface area contributed by atoms with Gasteiger partial charge in [-0.05, 0) is 30.7 Å². The van der Waals surface area contributed by atoms with E-state index in [-0.39, 0.29) is 24.1 Å². The summed E-state index contributed by atoms with van der Waals surface area (Å²) in [5.74, 6) is -1.77. The third kappa shape index (κ3) is 4.63. The average Bonchev–Trinajstić information content (AvgIpc) is 3.02. The van der Waals surface area contributed by atoms with E-state index in [1.54, 1.807) is 24.3 Å². The highest BCUT2D eigenvalue weighted by atomic mass is 16.4. The Kier molecular flexibility index (Phi) is 5.61. The lowest BCUT2D eigenvalue weighted by Gasteiger charge is -2.07. The lowest BCUT2D eigenvalue weighted by atomic mass is 10.2. The number of hydrogen-bond donors (Lipinski definition) is 3. The fraction of sp³-hybridized carbons (Fsp3) is 0.267. The van der Waals surface area contributed by atoms with Crippen LogP contribution in [0.4, 0.5) is 5.69 Å². The molecule has 1 aromatic heterocycles. The number of benzene rings is 1. The van der Waals surface area contributed by atoms with Crippen LogP contribution in [0, 0.1) is 0 Å². The minimum atomic E-state index is -1.21. The van der Waals surface area contributed by atoms with Crippen molar-refractivity contribution >= 4 is 23.5 Å². The molecule has 0 radical (unpaired) electrons. The molecule has 0 fully saturated rings. The molecule has 0 aliphatic heterocycles. The van der Waals surface area contributed by atoms with Crippen molar-refractivity contribution in [2.75, 3.05) is 11.9 Å². The monoisotopic (exact) mass is 331 g/mol. The first-order chi connectivity index (χ1) is 11.5. The van der Waals surface area contributed by atoms with Crippen LogP contribution in [0.25, 0.3) is 0 Å². The van der Waals surface area contributed by atoms with Gasteiger partial charge in [-0.25, -0.2) is 9.48 Å². The number of nitrogens with zero attached hydrogens (tertiary/aromatic N) is 3. The number of carbonyl (C=O) groups is 3.